The summed E-state index contributed by atoms with van der Waals surface area (Å²) in [7, 11) is 3.06. The zero-order valence-electron chi connectivity index (χ0n) is 12.7. The van der Waals surface area contributed by atoms with Gasteiger partial charge in [-0.15, -0.1) is 0 Å². The van der Waals surface area contributed by atoms with Gasteiger partial charge in [-0.3, -0.25) is 0 Å². The molecule has 2 aromatic rings. The van der Waals surface area contributed by atoms with Crippen LogP contribution >= 0.6 is 0 Å². The second-order valence-electron chi connectivity index (χ2n) is 4.84. The molecule has 0 saturated carbocycles. The average Bonchev–Trinajstić information content (AvgIpc) is 3.07. The molecule has 11 heteroatoms. The Morgan fingerprint density at radius 2 is 1.96 bits per heavy atom. The van der Waals surface area contributed by atoms with Gasteiger partial charge in [-0.25, -0.2) is 9.13 Å². The van der Waals surface area contributed by atoms with E-state index in [0.29, 0.717) is 30.8 Å². The Bertz CT molecular complexity index is 722. The Balaban J connectivity index is 2.11. The van der Waals surface area contributed by atoms with Crippen molar-refractivity contribution in [3.05, 3.63) is 44.0 Å². The van der Waals surface area contributed by atoms with Gasteiger partial charge in [0.25, 0.3) is 0 Å². The molecular weight excluding hydrogens is 308 g/mol. The van der Waals surface area contributed by atoms with E-state index in [1.807, 2.05) is 0 Å². The number of aryl methyl sites for hydroxylation is 2. The van der Waals surface area contributed by atoms with Crippen LogP contribution in [0.1, 0.15) is 17.8 Å². The SMILES string of the molecule is COCc1c(CCCn2ccnc2[N+](=O)[O-])nc([N+](=O)[O-])n1C. The number of nitro groups is 2. The summed E-state index contributed by atoms with van der Waals surface area (Å²) >= 11 is 0. The van der Waals surface area contributed by atoms with Gasteiger partial charge in [0.15, 0.2) is 5.69 Å². The van der Waals surface area contributed by atoms with Crippen LogP contribution in [0.3, 0.4) is 0 Å². The van der Waals surface area contributed by atoms with Crippen molar-refractivity contribution in [2.45, 2.75) is 26.0 Å². The predicted octanol–water partition coefficient (Wildman–Crippen LogP) is 1.21. The van der Waals surface area contributed by atoms with Gasteiger partial charge in [-0.1, -0.05) is 9.97 Å². The molecule has 0 aliphatic heterocycles. The Morgan fingerprint density at radius 3 is 2.57 bits per heavy atom. The Hall–Kier alpha value is -2.82. The van der Waals surface area contributed by atoms with E-state index in [2.05, 4.69) is 9.97 Å². The van der Waals surface area contributed by atoms with Crippen molar-refractivity contribution in [2.75, 3.05) is 7.11 Å². The summed E-state index contributed by atoms with van der Waals surface area (Å²) in [6, 6.07) is 0. The zero-order chi connectivity index (χ0) is 17.0. The van der Waals surface area contributed by atoms with Crippen molar-refractivity contribution in [3.63, 3.8) is 0 Å². The molecule has 0 atom stereocenters. The van der Waals surface area contributed by atoms with E-state index in [0.717, 1.165) is 0 Å². The van der Waals surface area contributed by atoms with Crippen LogP contribution < -0.4 is 0 Å². The molecule has 0 aromatic carbocycles. The first kappa shape index (κ1) is 16.5. The number of hydrogen-bond acceptors (Lipinski definition) is 7. The largest absolute Gasteiger partial charge is 0.434 e. The van der Waals surface area contributed by atoms with Crippen LogP contribution in [0.4, 0.5) is 11.9 Å². The van der Waals surface area contributed by atoms with Crippen LogP contribution in [0.2, 0.25) is 0 Å². The lowest BCUT2D eigenvalue weighted by Gasteiger charge is -2.02. The smallest absolute Gasteiger partial charge is 0.390 e. The normalized spacial score (nSPS) is 10.9. The highest BCUT2D eigenvalue weighted by atomic mass is 16.6. The minimum Gasteiger partial charge on any atom is -0.390 e. The first-order valence-electron chi connectivity index (χ1n) is 6.79. The molecule has 0 radical (unpaired) electrons. The summed E-state index contributed by atoms with van der Waals surface area (Å²) < 4.78 is 7.87. The summed E-state index contributed by atoms with van der Waals surface area (Å²) in [6.07, 6.45) is 3.85. The van der Waals surface area contributed by atoms with Crippen molar-refractivity contribution < 1.29 is 14.6 Å². The van der Waals surface area contributed by atoms with Gasteiger partial charge in [0.2, 0.25) is 0 Å². The molecule has 124 valence electrons. The van der Waals surface area contributed by atoms with Gasteiger partial charge in [0.1, 0.15) is 24.7 Å². The number of ether oxygens (including phenoxy) is 1. The van der Waals surface area contributed by atoms with Crippen LogP contribution in [0.15, 0.2) is 12.4 Å². The van der Waals surface area contributed by atoms with Crippen molar-refractivity contribution in [1.82, 2.24) is 19.1 Å². The molecule has 0 aliphatic rings. The number of methoxy groups -OCH3 is 1. The van der Waals surface area contributed by atoms with Crippen LogP contribution in [-0.4, -0.2) is 36.1 Å². The summed E-state index contributed by atoms with van der Waals surface area (Å²) in [5.74, 6) is -0.477. The molecule has 11 nitrogen and oxygen atoms in total. The van der Waals surface area contributed by atoms with E-state index >= 15 is 0 Å². The number of hydrogen-bond donors (Lipinski definition) is 0. The fourth-order valence-electron chi connectivity index (χ4n) is 2.32. The van der Waals surface area contributed by atoms with E-state index in [1.165, 1.54) is 28.6 Å². The van der Waals surface area contributed by atoms with Crippen molar-refractivity contribution >= 4 is 11.9 Å². The predicted molar refractivity (Wildman–Crippen MR) is 77.8 cm³/mol. The number of nitrogens with zero attached hydrogens (tertiary/aromatic N) is 6. The summed E-state index contributed by atoms with van der Waals surface area (Å²) in [6.45, 7) is 0.574. The van der Waals surface area contributed by atoms with Crippen molar-refractivity contribution in [3.8, 4) is 0 Å². The van der Waals surface area contributed by atoms with Gasteiger partial charge >= 0.3 is 11.9 Å². The fraction of sp³-hybridized carbons (Fsp3) is 0.500. The van der Waals surface area contributed by atoms with E-state index in [4.69, 9.17) is 4.74 Å². The van der Waals surface area contributed by atoms with Crippen LogP contribution in [0.25, 0.3) is 0 Å². The molecule has 0 amide bonds. The zero-order valence-corrected chi connectivity index (χ0v) is 12.7. The third-order valence-electron chi connectivity index (χ3n) is 3.39. The molecule has 0 fully saturated rings. The lowest BCUT2D eigenvalue weighted by Crippen LogP contribution is -2.06. The van der Waals surface area contributed by atoms with Gasteiger partial charge in [0.05, 0.1) is 13.6 Å². The van der Waals surface area contributed by atoms with Crippen molar-refractivity contribution in [1.29, 1.82) is 0 Å². The minimum absolute atomic E-state index is 0.206. The average molecular weight is 324 g/mol. The second-order valence-corrected chi connectivity index (χ2v) is 4.84. The molecule has 23 heavy (non-hydrogen) atoms. The standard InChI is InChI=1S/C12H16N6O5/c1-15-10(8-23-2)9(14-12(15)18(21)22)4-3-6-16-7-5-13-11(16)17(19)20/h5,7H,3-4,6,8H2,1-2H3. The van der Waals surface area contributed by atoms with Gasteiger partial charge in [-0.2, -0.15) is 0 Å². The summed E-state index contributed by atoms with van der Waals surface area (Å²) in [5.41, 5.74) is 1.18. The monoisotopic (exact) mass is 324 g/mol. The Kier molecular flexibility index (Phi) is 5.01. The third kappa shape index (κ3) is 3.51. The quantitative estimate of drug-likeness (QED) is 0.526. The molecule has 0 saturated heterocycles. The van der Waals surface area contributed by atoms with E-state index in [1.54, 1.807) is 7.05 Å². The third-order valence-corrected chi connectivity index (χ3v) is 3.39. The molecule has 2 aromatic heterocycles. The molecule has 0 aliphatic carbocycles. The maximum absolute atomic E-state index is 11.0. The highest BCUT2D eigenvalue weighted by Gasteiger charge is 2.24. The molecule has 0 bridgehead atoms. The van der Waals surface area contributed by atoms with Gasteiger partial charge in [-0.05, 0) is 16.3 Å². The Morgan fingerprint density at radius 1 is 1.26 bits per heavy atom. The van der Waals surface area contributed by atoms with Gasteiger partial charge in [0, 0.05) is 13.5 Å². The Labute approximate surface area is 130 Å². The van der Waals surface area contributed by atoms with E-state index in [9.17, 15) is 20.2 Å². The first-order valence-corrected chi connectivity index (χ1v) is 6.79. The number of imidazole rings is 2. The molecule has 0 unspecified atom stereocenters. The molecular formula is C12H16N6O5. The topological polar surface area (TPSA) is 131 Å². The van der Waals surface area contributed by atoms with E-state index < -0.39 is 9.85 Å². The molecule has 0 spiro atoms. The molecule has 2 rings (SSSR count). The molecule has 0 N–H and O–H groups in total. The number of rotatable bonds is 8. The van der Waals surface area contributed by atoms with Crippen LogP contribution in [-0.2, 0) is 31.4 Å². The number of aromatic nitrogens is 4. The highest BCUT2D eigenvalue weighted by molar-refractivity contribution is 5.23. The summed E-state index contributed by atoms with van der Waals surface area (Å²) in [5, 5.41) is 21.8. The van der Waals surface area contributed by atoms with Gasteiger partial charge < -0.3 is 25.0 Å². The second kappa shape index (κ2) is 6.96. The van der Waals surface area contributed by atoms with Crippen LogP contribution in [0.5, 0.6) is 0 Å². The van der Waals surface area contributed by atoms with Crippen LogP contribution in [0, 0.1) is 20.2 Å². The van der Waals surface area contributed by atoms with Crippen molar-refractivity contribution in [2.24, 2.45) is 7.05 Å². The van der Waals surface area contributed by atoms with E-state index in [-0.39, 0.29) is 18.5 Å². The maximum Gasteiger partial charge on any atom is 0.434 e. The minimum atomic E-state index is -0.554. The first-order chi connectivity index (χ1) is 11.0. The fourth-order valence-corrected chi connectivity index (χ4v) is 2.32. The molecule has 2 heterocycles. The highest BCUT2D eigenvalue weighted by Crippen LogP contribution is 2.19. The maximum atomic E-state index is 11.0. The lowest BCUT2D eigenvalue weighted by molar-refractivity contribution is -0.396. The lowest BCUT2D eigenvalue weighted by atomic mass is 10.2. The summed E-state index contributed by atoms with van der Waals surface area (Å²) in [4.78, 5) is 28.3.